The van der Waals surface area contributed by atoms with Crippen molar-refractivity contribution >= 4 is 29.6 Å². The van der Waals surface area contributed by atoms with E-state index in [1.165, 1.54) is 18.9 Å². The largest absolute Gasteiger partial charge is 0.497 e. The summed E-state index contributed by atoms with van der Waals surface area (Å²) in [6.45, 7) is 4.44. The molecule has 1 aromatic heterocycles. The van der Waals surface area contributed by atoms with Gasteiger partial charge in [0.15, 0.2) is 5.16 Å². The number of rotatable bonds is 8. The third-order valence-corrected chi connectivity index (χ3v) is 5.55. The number of benzene rings is 1. The van der Waals surface area contributed by atoms with Gasteiger partial charge < -0.3 is 14.6 Å². The Morgan fingerprint density at radius 3 is 2.90 bits per heavy atom. The van der Waals surface area contributed by atoms with Crippen LogP contribution in [0.2, 0.25) is 0 Å². The lowest BCUT2D eigenvalue weighted by Crippen LogP contribution is -2.48. The maximum Gasteiger partial charge on any atom is 0.344 e. The summed E-state index contributed by atoms with van der Waals surface area (Å²) in [5, 5.41) is 4.07. The van der Waals surface area contributed by atoms with E-state index in [0.717, 1.165) is 18.0 Å². The minimum atomic E-state index is -1.30. The van der Waals surface area contributed by atoms with Gasteiger partial charge in [-0.15, -0.1) is 0 Å². The lowest BCUT2D eigenvalue weighted by molar-refractivity contribution is -0.138. The Kier molecular flexibility index (Phi) is 6.12. The summed E-state index contributed by atoms with van der Waals surface area (Å²) in [4.78, 5) is 41.8. The molecule has 0 unspecified atom stereocenters. The van der Waals surface area contributed by atoms with Gasteiger partial charge in [0.05, 0.1) is 12.9 Å². The van der Waals surface area contributed by atoms with Gasteiger partial charge in [-0.25, -0.2) is 9.78 Å². The van der Waals surface area contributed by atoms with E-state index in [1.54, 1.807) is 37.4 Å². The number of methoxy groups -OCH3 is 1. The monoisotopic (exact) mass is 417 g/mol. The number of hydrogen-bond donors (Lipinski definition) is 2. The molecule has 1 saturated heterocycles. The van der Waals surface area contributed by atoms with E-state index in [-0.39, 0.29) is 5.75 Å². The number of imide groups is 1. The van der Waals surface area contributed by atoms with Gasteiger partial charge in [0, 0.05) is 18.9 Å². The fourth-order valence-corrected chi connectivity index (χ4v) is 3.78. The van der Waals surface area contributed by atoms with Gasteiger partial charge in [-0.2, -0.15) is 5.01 Å². The van der Waals surface area contributed by atoms with Crippen molar-refractivity contribution in [3.63, 3.8) is 0 Å². The molecule has 0 spiro atoms. The van der Waals surface area contributed by atoms with Gasteiger partial charge >= 0.3 is 6.03 Å². The quantitative estimate of drug-likeness (QED) is 0.502. The van der Waals surface area contributed by atoms with E-state index >= 15 is 0 Å². The molecule has 1 aromatic carbocycles. The molecule has 2 N–H and O–H groups in total. The van der Waals surface area contributed by atoms with Crippen molar-refractivity contribution in [2.24, 2.45) is 0 Å². The number of nitrogens with one attached hydrogen (secondary N) is 2. The van der Waals surface area contributed by atoms with Gasteiger partial charge in [0.1, 0.15) is 11.3 Å². The zero-order chi connectivity index (χ0) is 21.0. The SMILES string of the molecule is CCCn1ccnc1SCC(=O)NN1C(=O)N[C@](C)(c2cccc(OC)c2)C1=O. The average molecular weight is 417 g/mol. The van der Waals surface area contributed by atoms with E-state index in [9.17, 15) is 14.4 Å². The second kappa shape index (κ2) is 8.56. The number of carbonyl (C=O) groups is 3. The zero-order valence-electron chi connectivity index (χ0n) is 16.5. The average Bonchev–Trinajstić information content (AvgIpc) is 3.25. The molecule has 2 heterocycles. The molecule has 4 amide bonds. The van der Waals surface area contributed by atoms with Gasteiger partial charge in [0.25, 0.3) is 5.91 Å². The minimum Gasteiger partial charge on any atom is -0.497 e. The van der Waals surface area contributed by atoms with Crippen LogP contribution in [0.4, 0.5) is 4.79 Å². The Bertz CT molecular complexity index is 931. The fraction of sp³-hybridized carbons (Fsp3) is 0.368. The summed E-state index contributed by atoms with van der Waals surface area (Å²) in [7, 11) is 1.52. The molecule has 2 aromatic rings. The van der Waals surface area contributed by atoms with Crippen LogP contribution in [-0.2, 0) is 21.7 Å². The second-order valence-corrected chi connectivity index (χ2v) is 7.60. The molecule has 0 saturated carbocycles. The lowest BCUT2D eigenvalue weighted by atomic mass is 9.92. The van der Waals surface area contributed by atoms with Gasteiger partial charge in [-0.1, -0.05) is 30.8 Å². The number of carbonyl (C=O) groups excluding carboxylic acids is 3. The molecular formula is C19H23N5O4S. The first-order valence-electron chi connectivity index (χ1n) is 9.13. The van der Waals surface area contributed by atoms with Crippen LogP contribution in [0.25, 0.3) is 0 Å². The molecular weight excluding hydrogens is 394 g/mol. The summed E-state index contributed by atoms with van der Waals surface area (Å²) in [5.74, 6) is -0.457. The molecule has 1 atom stereocenters. The first-order valence-corrected chi connectivity index (χ1v) is 10.1. The molecule has 10 heteroatoms. The number of amides is 4. The topological polar surface area (TPSA) is 106 Å². The van der Waals surface area contributed by atoms with Crippen molar-refractivity contribution in [3.8, 4) is 5.75 Å². The molecule has 1 aliphatic rings. The van der Waals surface area contributed by atoms with E-state index in [2.05, 4.69) is 22.7 Å². The first kappa shape index (κ1) is 20.7. The molecule has 0 bridgehead atoms. The summed E-state index contributed by atoms with van der Waals surface area (Å²) >= 11 is 1.24. The smallest absolute Gasteiger partial charge is 0.344 e. The maximum atomic E-state index is 12.9. The predicted octanol–water partition coefficient (Wildman–Crippen LogP) is 1.89. The number of imidazole rings is 1. The highest BCUT2D eigenvalue weighted by Crippen LogP contribution is 2.30. The third kappa shape index (κ3) is 4.21. The highest BCUT2D eigenvalue weighted by molar-refractivity contribution is 7.99. The molecule has 29 heavy (non-hydrogen) atoms. The maximum absolute atomic E-state index is 12.9. The Morgan fingerprint density at radius 1 is 1.38 bits per heavy atom. The van der Waals surface area contributed by atoms with E-state index in [1.807, 2.05) is 10.8 Å². The standard InChI is InChI=1S/C19H23N5O4S/c1-4-9-23-10-8-20-18(23)29-12-15(25)22-24-16(26)19(2,21-17(24)27)13-6-5-7-14(11-13)28-3/h5-8,10-11H,4,9,12H2,1-3H3,(H,21,27)(H,22,25)/t19-/m1/s1. The highest BCUT2D eigenvalue weighted by atomic mass is 32.2. The van der Waals surface area contributed by atoms with Gasteiger partial charge in [-0.3, -0.25) is 15.0 Å². The number of aryl methyl sites for hydroxylation is 1. The molecule has 0 aliphatic carbocycles. The van der Waals surface area contributed by atoms with Crippen LogP contribution in [0.5, 0.6) is 5.75 Å². The van der Waals surface area contributed by atoms with Crippen molar-refractivity contribution in [3.05, 3.63) is 42.2 Å². The Hall–Kier alpha value is -3.01. The van der Waals surface area contributed by atoms with Crippen LogP contribution in [0, 0.1) is 0 Å². The Morgan fingerprint density at radius 2 is 2.17 bits per heavy atom. The minimum absolute atomic E-state index is 0.0215. The third-order valence-electron chi connectivity index (χ3n) is 4.55. The Labute approximate surface area is 172 Å². The molecule has 3 rings (SSSR count). The summed E-state index contributed by atoms with van der Waals surface area (Å²) < 4.78 is 7.14. The summed E-state index contributed by atoms with van der Waals surface area (Å²) in [5.41, 5.74) is 1.65. The zero-order valence-corrected chi connectivity index (χ0v) is 17.3. The van der Waals surface area contributed by atoms with Crippen LogP contribution in [0.15, 0.2) is 41.8 Å². The van der Waals surface area contributed by atoms with Crippen molar-refractivity contribution in [1.29, 1.82) is 0 Å². The molecule has 1 aliphatic heterocycles. The first-order chi connectivity index (χ1) is 13.9. The second-order valence-electron chi connectivity index (χ2n) is 6.65. The van der Waals surface area contributed by atoms with Gasteiger partial charge in [-0.05, 0) is 31.0 Å². The van der Waals surface area contributed by atoms with E-state index in [4.69, 9.17) is 4.74 Å². The number of ether oxygens (including phenoxy) is 1. The van der Waals surface area contributed by atoms with Crippen LogP contribution in [-0.4, -0.2) is 45.3 Å². The molecule has 154 valence electrons. The van der Waals surface area contributed by atoms with Crippen molar-refractivity contribution in [2.45, 2.75) is 37.5 Å². The van der Waals surface area contributed by atoms with Crippen LogP contribution in [0.1, 0.15) is 25.8 Å². The lowest BCUT2D eigenvalue weighted by Gasteiger charge is -2.22. The van der Waals surface area contributed by atoms with Crippen molar-refractivity contribution in [2.75, 3.05) is 12.9 Å². The fourth-order valence-electron chi connectivity index (χ4n) is 3.00. The van der Waals surface area contributed by atoms with Crippen molar-refractivity contribution < 1.29 is 19.1 Å². The molecule has 9 nitrogen and oxygen atoms in total. The number of hydrazine groups is 1. The van der Waals surface area contributed by atoms with E-state index in [0.29, 0.717) is 16.5 Å². The van der Waals surface area contributed by atoms with Gasteiger partial charge in [0.2, 0.25) is 5.91 Å². The van der Waals surface area contributed by atoms with Crippen LogP contribution < -0.4 is 15.5 Å². The number of aromatic nitrogens is 2. The number of nitrogens with zero attached hydrogens (tertiary/aromatic N) is 3. The Balaban J connectivity index is 1.66. The predicted molar refractivity (Wildman–Crippen MR) is 107 cm³/mol. The normalized spacial score (nSPS) is 18.7. The van der Waals surface area contributed by atoms with Crippen LogP contribution >= 0.6 is 11.8 Å². The molecule has 1 fully saturated rings. The summed E-state index contributed by atoms with van der Waals surface area (Å²) in [6, 6.07) is 6.18. The van der Waals surface area contributed by atoms with Crippen LogP contribution in [0.3, 0.4) is 0 Å². The number of urea groups is 1. The van der Waals surface area contributed by atoms with Crippen molar-refractivity contribution in [1.82, 2.24) is 25.3 Å². The number of thioether (sulfide) groups is 1. The van der Waals surface area contributed by atoms with E-state index < -0.39 is 23.4 Å². The number of hydrogen-bond acceptors (Lipinski definition) is 6. The molecule has 0 radical (unpaired) electrons. The highest BCUT2D eigenvalue weighted by Gasteiger charge is 2.50. The summed E-state index contributed by atoms with van der Waals surface area (Å²) in [6.07, 6.45) is 4.47.